The summed E-state index contributed by atoms with van der Waals surface area (Å²) in [6.45, 7) is 7.96. The van der Waals surface area contributed by atoms with Crippen molar-refractivity contribution in [2.75, 3.05) is 26.8 Å². The molecule has 16 heavy (non-hydrogen) atoms. The minimum atomic E-state index is 0.137. The van der Waals surface area contributed by atoms with Crippen LogP contribution < -0.4 is 5.73 Å². The molecule has 0 heterocycles. The molecule has 0 rings (SSSR count). The first-order valence-electron chi connectivity index (χ1n) is 6.09. The van der Waals surface area contributed by atoms with E-state index in [1.165, 1.54) is 0 Å². The zero-order chi connectivity index (χ0) is 12.6. The van der Waals surface area contributed by atoms with Crippen LogP contribution in [0.4, 0.5) is 0 Å². The summed E-state index contributed by atoms with van der Waals surface area (Å²) in [6.07, 6.45) is 1.51. The van der Waals surface area contributed by atoms with E-state index < -0.39 is 0 Å². The Hall–Kier alpha value is -0.610. The zero-order valence-corrected chi connectivity index (χ0v) is 11.0. The van der Waals surface area contributed by atoms with Crippen LogP contribution in [0.2, 0.25) is 0 Å². The van der Waals surface area contributed by atoms with E-state index in [1.807, 2.05) is 18.7 Å². The molecule has 0 aromatic rings. The maximum absolute atomic E-state index is 12.0. The Bertz CT molecular complexity index is 193. The molecule has 0 saturated carbocycles. The van der Waals surface area contributed by atoms with E-state index in [0.717, 1.165) is 13.0 Å². The van der Waals surface area contributed by atoms with E-state index in [9.17, 15) is 4.79 Å². The highest BCUT2D eigenvalue weighted by atomic mass is 16.5. The molecule has 0 radical (unpaired) electrons. The van der Waals surface area contributed by atoms with Crippen molar-refractivity contribution >= 4 is 5.91 Å². The van der Waals surface area contributed by atoms with Crippen LogP contribution in [0.5, 0.6) is 0 Å². The van der Waals surface area contributed by atoms with Crippen molar-refractivity contribution in [3.63, 3.8) is 0 Å². The minimum Gasteiger partial charge on any atom is -0.383 e. The largest absolute Gasteiger partial charge is 0.383 e. The average Bonchev–Trinajstić information content (AvgIpc) is 2.27. The number of ether oxygens (including phenoxy) is 1. The van der Waals surface area contributed by atoms with Crippen LogP contribution in [0.3, 0.4) is 0 Å². The Labute approximate surface area is 99.1 Å². The molecule has 1 amide bonds. The molecule has 0 spiro atoms. The molecule has 2 unspecified atom stereocenters. The van der Waals surface area contributed by atoms with E-state index in [4.69, 9.17) is 10.5 Å². The number of carbonyl (C=O) groups is 1. The highest BCUT2D eigenvalue weighted by Gasteiger charge is 2.20. The van der Waals surface area contributed by atoms with Gasteiger partial charge in [0.25, 0.3) is 0 Å². The van der Waals surface area contributed by atoms with Gasteiger partial charge in [-0.2, -0.15) is 0 Å². The van der Waals surface area contributed by atoms with Crippen LogP contribution in [-0.4, -0.2) is 43.7 Å². The van der Waals surface area contributed by atoms with Crippen LogP contribution in [0.25, 0.3) is 0 Å². The standard InChI is InChI=1S/C12H26N2O2/c1-5-11(8-13)7-12(15)14(6-2)10(3)9-16-4/h10-11H,5-9,13H2,1-4H3. The number of hydrogen-bond acceptors (Lipinski definition) is 3. The maximum atomic E-state index is 12.0. The van der Waals surface area contributed by atoms with E-state index in [2.05, 4.69) is 6.92 Å². The first-order chi connectivity index (χ1) is 7.60. The van der Waals surface area contributed by atoms with Gasteiger partial charge in [-0.15, -0.1) is 0 Å². The monoisotopic (exact) mass is 230 g/mol. The second kappa shape index (κ2) is 8.53. The number of nitrogens with two attached hydrogens (primary N) is 1. The van der Waals surface area contributed by atoms with Gasteiger partial charge in [0.2, 0.25) is 5.91 Å². The molecule has 0 fully saturated rings. The minimum absolute atomic E-state index is 0.137. The third kappa shape index (κ3) is 4.94. The number of rotatable bonds is 8. The SMILES string of the molecule is CCC(CN)CC(=O)N(CC)C(C)COC. The molecule has 0 aliphatic carbocycles. The summed E-state index contributed by atoms with van der Waals surface area (Å²) < 4.78 is 5.08. The number of amides is 1. The van der Waals surface area contributed by atoms with Gasteiger partial charge in [-0.1, -0.05) is 13.3 Å². The van der Waals surface area contributed by atoms with Gasteiger partial charge in [0, 0.05) is 20.1 Å². The topological polar surface area (TPSA) is 55.6 Å². The molecule has 96 valence electrons. The third-order valence-corrected chi connectivity index (χ3v) is 2.97. The molecule has 0 aliphatic rings. The predicted octanol–water partition coefficient (Wildman–Crippen LogP) is 1.24. The fourth-order valence-electron chi connectivity index (χ4n) is 1.82. The van der Waals surface area contributed by atoms with E-state index in [0.29, 0.717) is 25.5 Å². The first-order valence-corrected chi connectivity index (χ1v) is 6.09. The Morgan fingerprint density at radius 2 is 2.06 bits per heavy atom. The quantitative estimate of drug-likeness (QED) is 0.682. The van der Waals surface area contributed by atoms with E-state index in [-0.39, 0.29) is 11.9 Å². The fraction of sp³-hybridized carbons (Fsp3) is 0.917. The van der Waals surface area contributed by atoms with E-state index in [1.54, 1.807) is 7.11 Å². The van der Waals surface area contributed by atoms with Crippen LogP contribution in [0.1, 0.15) is 33.6 Å². The van der Waals surface area contributed by atoms with Crippen molar-refractivity contribution in [3.05, 3.63) is 0 Å². The van der Waals surface area contributed by atoms with Crippen LogP contribution in [-0.2, 0) is 9.53 Å². The Morgan fingerprint density at radius 1 is 1.44 bits per heavy atom. The summed E-state index contributed by atoms with van der Waals surface area (Å²) in [5.74, 6) is 0.487. The molecule has 4 heteroatoms. The van der Waals surface area contributed by atoms with Crippen molar-refractivity contribution in [1.29, 1.82) is 0 Å². The van der Waals surface area contributed by atoms with Gasteiger partial charge >= 0.3 is 0 Å². The molecular weight excluding hydrogens is 204 g/mol. The van der Waals surface area contributed by atoms with Gasteiger partial charge < -0.3 is 15.4 Å². The molecule has 0 saturated heterocycles. The van der Waals surface area contributed by atoms with Gasteiger partial charge in [0.1, 0.15) is 0 Å². The highest BCUT2D eigenvalue weighted by molar-refractivity contribution is 5.76. The predicted molar refractivity (Wildman–Crippen MR) is 66.2 cm³/mol. The van der Waals surface area contributed by atoms with Crippen LogP contribution >= 0.6 is 0 Å². The lowest BCUT2D eigenvalue weighted by molar-refractivity contribution is -0.135. The number of nitrogens with zero attached hydrogens (tertiary/aromatic N) is 1. The molecule has 0 aromatic heterocycles. The van der Waals surface area contributed by atoms with Crippen molar-refractivity contribution in [2.24, 2.45) is 11.7 Å². The van der Waals surface area contributed by atoms with Crippen LogP contribution in [0, 0.1) is 5.92 Å². The molecule has 4 nitrogen and oxygen atoms in total. The number of hydrogen-bond donors (Lipinski definition) is 1. The van der Waals surface area contributed by atoms with Crippen molar-refractivity contribution in [2.45, 2.75) is 39.7 Å². The van der Waals surface area contributed by atoms with Crippen molar-refractivity contribution < 1.29 is 9.53 Å². The summed E-state index contributed by atoms with van der Waals surface area (Å²) in [5.41, 5.74) is 5.61. The lowest BCUT2D eigenvalue weighted by Crippen LogP contribution is -2.42. The fourth-order valence-corrected chi connectivity index (χ4v) is 1.82. The Kier molecular flexibility index (Phi) is 8.21. The summed E-state index contributed by atoms with van der Waals surface area (Å²) >= 11 is 0. The molecule has 2 atom stereocenters. The molecule has 2 N–H and O–H groups in total. The molecule has 0 aliphatic heterocycles. The first kappa shape index (κ1) is 15.4. The third-order valence-electron chi connectivity index (χ3n) is 2.97. The normalized spacial score (nSPS) is 14.6. The Balaban J connectivity index is 4.29. The molecule has 0 aromatic carbocycles. The highest BCUT2D eigenvalue weighted by Crippen LogP contribution is 2.11. The lowest BCUT2D eigenvalue weighted by atomic mass is 10.0. The average molecular weight is 230 g/mol. The number of carbonyl (C=O) groups excluding carboxylic acids is 1. The van der Waals surface area contributed by atoms with Crippen LogP contribution in [0.15, 0.2) is 0 Å². The zero-order valence-electron chi connectivity index (χ0n) is 11.0. The Morgan fingerprint density at radius 3 is 2.44 bits per heavy atom. The van der Waals surface area contributed by atoms with Gasteiger partial charge in [-0.3, -0.25) is 4.79 Å². The maximum Gasteiger partial charge on any atom is 0.223 e. The van der Waals surface area contributed by atoms with E-state index >= 15 is 0 Å². The van der Waals surface area contributed by atoms with Gasteiger partial charge in [0.15, 0.2) is 0 Å². The second-order valence-corrected chi connectivity index (χ2v) is 4.20. The van der Waals surface area contributed by atoms with Gasteiger partial charge in [-0.05, 0) is 26.3 Å². The van der Waals surface area contributed by atoms with Crippen molar-refractivity contribution in [3.8, 4) is 0 Å². The molecule has 0 bridgehead atoms. The molecular formula is C12H26N2O2. The summed E-state index contributed by atoms with van der Waals surface area (Å²) in [7, 11) is 1.66. The smallest absolute Gasteiger partial charge is 0.223 e. The van der Waals surface area contributed by atoms with Gasteiger partial charge in [-0.25, -0.2) is 0 Å². The summed E-state index contributed by atoms with van der Waals surface area (Å²) in [4.78, 5) is 13.9. The summed E-state index contributed by atoms with van der Waals surface area (Å²) in [5, 5.41) is 0. The lowest BCUT2D eigenvalue weighted by Gasteiger charge is -2.29. The van der Waals surface area contributed by atoms with Gasteiger partial charge in [0.05, 0.1) is 12.6 Å². The van der Waals surface area contributed by atoms with Crippen molar-refractivity contribution in [1.82, 2.24) is 4.90 Å². The number of methoxy groups -OCH3 is 1. The number of likely N-dealkylation sites (N-methyl/N-ethyl adjacent to an activating group) is 1. The summed E-state index contributed by atoms with van der Waals surface area (Å²) in [6, 6.07) is 0.137. The second-order valence-electron chi connectivity index (χ2n) is 4.20.